The third-order valence-corrected chi connectivity index (χ3v) is 12.7. The first kappa shape index (κ1) is 33.2. The molecule has 2 aromatic carbocycles. The highest BCUT2D eigenvalue weighted by Gasteiger charge is 2.40. The Morgan fingerprint density at radius 3 is 1.40 bits per heavy atom. The van der Waals surface area contributed by atoms with Crippen LogP contribution >= 0.6 is 0 Å². The summed E-state index contributed by atoms with van der Waals surface area (Å²) in [6, 6.07) is 23.4. The third-order valence-electron chi connectivity index (χ3n) is 12.7. The summed E-state index contributed by atoms with van der Waals surface area (Å²) in [6.45, 7) is 13.8. The molecule has 10 rings (SSSR count). The van der Waals surface area contributed by atoms with Crippen LogP contribution in [0.2, 0.25) is 0 Å². The van der Waals surface area contributed by atoms with E-state index in [2.05, 4.69) is 112 Å². The summed E-state index contributed by atoms with van der Waals surface area (Å²) in [4.78, 5) is 18.9. The SMILES string of the molecule is CCCCC1=C(C)c2cc3[nH]c(cc4nc(cc5[nH]c(cc1n2)c(CC)c5CC)C(CCCC)=C4C)c1c3C2CCC1c1cc3ccccc3cc12. The van der Waals surface area contributed by atoms with Crippen molar-refractivity contribution in [3.8, 4) is 0 Å². The average Bonchev–Trinajstić information content (AvgIpc) is 3.86. The molecule has 3 aliphatic carbocycles. The topological polar surface area (TPSA) is 57.4 Å². The van der Waals surface area contributed by atoms with Crippen molar-refractivity contribution < 1.29 is 0 Å². The fourth-order valence-corrected chi connectivity index (χ4v) is 10.0. The van der Waals surface area contributed by atoms with Crippen LogP contribution in [-0.4, -0.2) is 19.9 Å². The molecule has 52 heavy (non-hydrogen) atoms. The first-order valence-corrected chi connectivity index (χ1v) is 20.1. The predicted molar refractivity (Wildman–Crippen MR) is 221 cm³/mol. The molecule has 2 aliphatic heterocycles. The number of H-pyrrole nitrogens is 2. The summed E-state index contributed by atoms with van der Waals surface area (Å²) in [5.74, 6) is 0.725. The predicted octanol–water partition coefficient (Wildman–Crippen LogP) is 13.2. The van der Waals surface area contributed by atoms with Gasteiger partial charge in [0, 0.05) is 33.9 Å². The van der Waals surface area contributed by atoms with E-state index in [1.165, 1.54) is 114 Å². The maximum atomic E-state index is 5.48. The normalized spacial score (nSPS) is 17.7. The van der Waals surface area contributed by atoms with Gasteiger partial charge in [-0.05, 0) is 156 Å². The molecule has 0 amide bonds. The number of hydrogen-bond acceptors (Lipinski definition) is 2. The Balaban J connectivity index is 1.40. The lowest BCUT2D eigenvalue weighted by molar-refractivity contribution is 0.528. The quantitative estimate of drug-likeness (QED) is 0.171. The standard InChI is InChI=1S/C48H52N4/c1-7-11-17-33-27(5)39-23-45-47-35-19-20-36(38-22-30-16-14-13-15-29(30)21-37(35)38)48(47)46(52-45)24-40-28(6)34(18-12-8-2)44(50-40)26-42-32(10-4)31(9-3)41(51-42)25-43(33)49-39/h13-16,21-26,35-36,51-52H,7-12,17-20H2,1-6H3. The summed E-state index contributed by atoms with van der Waals surface area (Å²) in [6.07, 6.45) is 11.1. The minimum absolute atomic E-state index is 0.363. The van der Waals surface area contributed by atoms with Gasteiger partial charge in [0.2, 0.25) is 0 Å². The molecule has 4 heteroatoms. The van der Waals surface area contributed by atoms with Gasteiger partial charge in [-0.1, -0.05) is 76.9 Å². The van der Waals surface area contributed by atoms with Gasteiger partial charge in [0.25, 0.3) is 0 Å². The second-order valence-corrected chi connectivity index (χ2v) is 15.7. The molecular weight excluding hydrogens is 633 g/mol. The fourth-order valence-electron chi connectivity index (χ4n) is 10.0. The van der Waals surface area contributed by atoms with E-state index in [-0.39, 0.29) is 0 Å². The average molecular weight is 685 g/mol. The van der Waals surface area contributed by atoms with Crippen molar-refractivity contribution in [1.82, 2.24) is 19.9 Å². The molecule has 5 aromatic rings. The number of rotatable bonds is 8. The molecular formula is C48H52N4. The number of aryl methyl sites for hydroxylation is 2. The van der Waals surface area contributed by atoms with Crippen LogP contribution in [0, 0.1) is 0 Å². The molecule has 0 saturated carbocycles. The zero-order valence-electron chi connectivity index (χ0n) is 31.9. The van der Waals surface area contributed by atoms with E-state index in [0.29, 0.717) is 11.8 Å². The summed E-state index contributed by atoms with van der Waals surface area (Å²) in [5.41, 5.74) is 23.5. The van der Waals surface area contributed by atoms with Crippen molar-refractivity contribution in [2.45, 2.75) is 118 Å². The molecule has 4 nitrogen and oxygen atoms in total. The van der Waals surface area contributed by atoms with Gasteiger partial charge in [0.1, 0.15) is 0 Å². The molecule has 2 unspecified atom stereocenters. The monoisotopic (exact) mass is 684 g/mol. The second kappa shape index (κ2) is 13.1. The Bertz CT molecular complexity index is 2330. The minimum atomic E-state index is 0.363. The van der Waals surface area contributed by atoms with Crippen LogP contribution in [0.3, 0.4) is 0 Å². The van der Waals surface area contributed by atoms with Crippen molar-refractivity contribution in [3.63, 3.8) is 0 Å². The van der Waals surface area contributed by atoms with Gasteiger partial charge >= 0.3 is 0 Å². The number of unbranched alkanes of at least 4 members (excludes halogenated alkanes) is 2. The van der Waals surface area contributed by atoms with E-state index in [0.717, 1.165) is 61.3 Å². The summed E-state index contributed by atoms with van der Waals surface area (Å²) in [7, 11) is 0. The van der Waals surface area contributed by atoms with Crippen LogP contribution in [-0.2, 0) is 12.8 Å². The second-order valence-electron chi connectivity index (χ2n) is 15.7. The minimum Gasteiger partial charge on any atom is -0.355 e. The Hall–Kier alpha value is -4.70. The molecule has 0 saturated heterocycles. The smallest absolute Gasteiger partial charge is 0.0693 e. The van der Waals surface area contributed by atoms with E-state index in [1.54, 1.807) is 0 Å². The molecule has 264 valence electrons. The first-order valence-electron chi connectivity index (χ1n) is 20.1. The Labute approximate surface area is 308 Å². The van der Waals surface area contributed by atoms with Crippen LogP contribution < -0.4 is 0 Å². The largest absolute Gasteiger partial charge is 0.355 e. The summed E-state index contributed by atoms with van der Waals surface area (Å²) >= 11 is 0. The Morgan fingerprint density at radius 2 is 0.981 bits per heavy atom. The maximum Gasteiger partial charge on any atom is 0.0693 e. The van der Waals surface area contributed by atoms with Gasteiger partial charge < -0.3 is 9.97 Å². The third kappa shape index (κ3) is 5.16. The highest BCUT2D eigenvalue weighted by atomic mass is 14.8. The zero-order valence-corrected chi connectivity index (χ0v) is 31.9. The van der Waals surface area contributed by atoms with Crippen molar-refractivity contribution in [1.29, 1.82) is 0 Å². The van der Waals surface area contributed by atoms with Gasteiger partial charge in [-0.25, -0.2) is 9.97 Å². The lowest BCUT2D eigenvalue weighted by atomic mass is 9.64. The van der Waals surface area contributed by atoms with Crippen molar-refractivity contribution in [2.75, 3.05) is 0 Å². The van der Waals surface area contributed by atoms with Crippen molar-refractivity contribution in [3.05, 3.63) is 117 Å². The number of allylic oxidation sites excluding steroid dienone is 4. The molecule has 0 fully saturated rings. The van der Waals surface area contributed by atoms with Crippen LogP contribution in [0.5, 0.6) is 0 Å². The number of nitrogens with one attached hydrogen (secondary N) is 2. The van der Waals surface area contributed by atoms with E-state index in [9.17, 15) is 0 Å². The molecule has 10 bridgehead atoms. The molecule has 0 spiro atoms. The molecule has 2 N–H and O–H groups in total. The van der Waals surface area contributed by atoms with Crippen LogP contribution in [0.25, 0.3) is 55.1 Å². The molecule has 5 aliphatic rings. The summed E-state index contributed by atoms with van der Waals surface area (Å²) < 4.78 is 0. The number of benzene rings is 2. The molecule has 3 aromatic heterocycles. The molecule has 0 radical (unpaired) electrons. The van der Waals surface area contributed by atoms with Gasteiger partial charge in [-0.15, -0.1) is 0 Å². The van der Waals surface area contributed by atoms with E-state index in [1.807, 2.05) is 0 Å². The van der Waals surface area contributed by atoms with E-state index >= 15 is 0 Å². The molecule has 2 atom stereocenters. The van der Waals surface area contributed by atoms with Crippen molar-refractivity contribution >= 4 is 55.1 Å². The highest BCUT2D eigenvalue weighted by molar-refractivity contribution is 5.96. The number of fused-ring (bicyclic) bond motifs is 10. The van der Waals surface area contributed by atoms with Gasteiger partial charge in [-0.3, -0.25) is 0 Å². The fraction of sp³-hybridized carbons (Fsp3) is 0.375. The Kier molecular flexibility index (Phi) is 8.33. The number of hydrogen-bond donors (Lipinski definition) is 2. The lowest BCUT2D eigenvalue weighted by Crippen LogP contribution is -2.23. The van der Waals surface area contributed by atoms with Gasteiger partial charge in [0.15, 0.2) is 0 Å². The van der Waals surface area contributed by atoms with Crippen LogP contribution in [0.15, 0.2) is 60.7 Å². The zero-order chi connectivity index (χ0) is 35.7. The van der Waals surface area contributed by atoms with E-state index in [4.69, 9.17) is 9.97 Å². The highest BCUT2D eigenvalue weighted by Crippen LogP contribution is 2.56. The lowest BCUT2D eigenvalue weighted by Gasteiger charge is -2.39. The van der Waals surface area contributed by atoms with Crippen molar-refractivity contribution in [2.24, 2.45) is 0 Å². The van der Waals surface area contributed by atoms with Gasteiger partial charge in [-0.2, -0.15) is 0 Å². The summed E-state index contributed by atoms with van der Waals surface area (Å²) in [5, 5.41) is 2.68. The number of nitrogens with zero attached hydrogens (tertiary/aromatic N) is 2. The first-order chi connectivity index (χ1) is 25.4. The van der Waals surface area contributed by atoms with Gasteiger partial charge in [0.05, 0.1) is 22.8 Å². The maximum absolute atomic E-state index is 5.48. The Morgan fingerprint density at radius 1 is 0.558 bits per heavy atom. The number of aromatic amines is 2. The van der Waals surface area contributed by atoms with Crippen LogP contribution in [0.4, 0.5) is 0 Å². The molecule has 5 heterocycles. The van der Waals surface area contributed by atoms with Crippen LogP contribution in [0.1, 0.15) is 161 Å². The number of aromatic nitrogens is 4. The van der Waals surface area contributed by atoms with E-state index < -0.39 is 0 Å².